The molecule has 4 nitrogen and oxygen atoms in total. The minimum Gasteiger partial charge on any atom is -0.378 e. The first-order chi connectivity index (χ1) is 10.4. The smallest absolute Gasteiger partial charge is 0.157 e. The predicted molar refractivity (Wildman–Crippen MR) is 85.1 cm³/mol. The molecule has 0 saturated carbocycles. The molecule has 0 radical (unpaired) electrons. The number of fused-ring (bicyclic) bond motifs is 3. The maximum Gasteiger partial charge on any atom is 0.157 e. The van der Waals surface area contributed by atoms with Gasteiger partial charge in [0.2, 0.25) is 0 Å². The maximum absolute atomic E-state index is 5.47. The fourth-order valence-corrected chi connectivity index (χ4v) is 3.12. The standard InChI is InChI=1S/C17H19N3O/c1-2-13-7-8-16-14-5-3-4-6-15(14)17(18-20(13)16)19-9-11-21-12-10-19/h3-8H,2,9-12H2,1H3. The highest BCUT2D eigenvalue weighted by Crippen LogP contribution is 2.29. The van der Waals surface area contributed by atoms with Gasteiger partial charge in [0.15, 0.2) is 5.82 Å². The van der Waals surface area contributed by atoms with Crippen LogP contribution in [0.1, 0.15) is 12.6 Å². The Kier molecular flexibility index (Phi) is 3.04. The number of morpholine rings is 1. The van der Waals surface area contributed by atoms with E-state index in [4.69, 9.17) is 9.84 Å². The molecule has 1 aliphatic rings. The summed E-state index contributed by atoms with van der Waals surface area (Å²) in [7, 11) is 0. The Morgan fingerprint density at radius 2 is 1.81 bits per heavy atom. The van der Waals surface area contributed by atoms with Crippen LogP contribution in [0.25, 0.3) is 16.3 Å². The topological polar surface area (TPSA) is 29.8 Å². The van der Waals surface area contributed by atoms with E-state index in [0.717, 1.165) is 38.5 Å². The summed E-state index contributed by atoms with van der Waals surface area (Å²) in [5.41, 5.74) is 2.45. The van der Waals surface area contributed by atoms with Crippen molar-refractivity contribution in [1.82, 2.24) is 9.61 Å². The van der Waals surface area contributed by atoms with E-state index in [9.17, 15) is 0 Å². The Morgan fingerprint density at radius 1 is 1.05 bits per heavy atom. The lowest BCUT2D eigenvalue weighted by atomic mass is 10.1. The molecule has 0 aliphatic carbocycles. The van der Waals surface area contributed by atoms with E-state index < -0.39 is 0 Å². The van der Waals surface area contributed by atoms with E-state index >= 15 is 0 Å². The van der Waals surface area contributed by atoms with Crippen LogP contribution in [0, 0.1) is 0 Å². The SMILES string of the molecule is CCc1ccc2c3ccccc3c(N3CCOCC3)nn12. The third-order valence-corrected chi connectivity index (χ3v) is 4.25. The van der Waals surface area contributed by atoms with E-state index in [1.165, 1.54) is 22.0 Å². The molecule has 0 unspecified atom stereocenters. The van der Waals surface area contributed by atoms with Gasteiger partial charge in [0.25, 0.3) is 0 Å². The lowest BCUT2D eigenvalue weighted by Gasteiger charge is -2.29. The van der Waals surface area contributed by atoms with Gasteiger partial charge in [-0.05, 0) is 18.6 Å². The van der Waals surface area contributed by atoms with Crippen LogP contribution in [-0.2, 0) is 11.2 Å². The molecule has 4 heteroatoms. The minimum absolute atomic E-state index is 0.778. The van der Waals surface area contributed by atoms with Gasteiger partial charge in [0.1, 0.15) is 0 Å². The van der Waals surface area contributed by atoms with Gasteiger partial charge in [0.05, 0.1) is 18.7 Å². The highest BCUT2D eigenvalue weighted by atomic mass is 16.5. The normalized spacial score (nSPS) is 16.0. The van der Waals surface area contributed by atoms with Crippen LogP contribution in [0.2, 0.25) is 0 Å². The van der Waals surface area contributed by atoms with Crippen molar-refractivity contribution in [3.8, 4) is 0 Å². The number of ether oxygens (including phenoxy) is 1. The van der Waals surface area contributed by atoms with Crippen LogP contribution in [0.3, 0.4) is 0 Å². The van der Waals surface area contributed by atoms with Crippen molar-refractivity contribution in [1.29, 1.82) is 0 Å². The molecule has 0 bridgehead atoms. The van der Waals surface area contributed by atoms with Crippen molar-refractivity contribution in [2.45, 2.75) is 13.3 Å². The Balaban J connectivity index is 2.01. The van der Waals surface area contributed by atoms with Gasteiger partial charge < -0.3 is 9.64 Å². The third-order valence-electron chi connectivity index (χ3n) is 4.25. The molecule has 2 aromatic heterocycles. The number of aryl methyl sites for hydroxylation is 1. The first-order valence-electron chi connectivity index (χ1n) is 7.60. The molecule has 1 aromatic carbocycles. The average molecular weight is 281 g/mol. The van der Waals surface area contributed by atoms with Crippen molar-refractivity contribution in [3.05, 3.63) is 42.1 Å². The summed E-state index contributed by atoms with van der Waals surface area (Å²) >= 11 is 0. The third kappa shape index (κ3) is 1.98. The van der Waals surface area contributed by atoms with Crippen LogP contribution in [0.4, 0.5) is 5.82 Å². The van der Waals surface area contributed by atoms with E-state index in [2.05, 4.69) is 52.7 Å². The van der Waals surface area contributed by atoms with Crippen molar-refractivity contribution >= 4 is 22.1 Å². The Morgan fingerprint density at radius 3 is 2.57 bits per heavy atom. The second-order valence-electron chi connectivity index (χ2n) is 5.44. The maximum atomic E-state index is 5.47. The number of aromatic nitrogens is 2. The van der Waals surface area contributed by atoms with Gasteiger partial charge in [-0.15, -0.1) is 5.10 Å². The minimum atomic E-state index is 0.778. The number of nitrogens with zero attached hydrogens (tertiary/aromatic N) is 3. The van der Waals surface area contributed by atoms with Gasteiger partial charge >= 0.3 is 0 Å². The highest BCUT2D eigenvalue weighted by Gasteiger charge is 2.18. The molecule has 0 spiro atoms. The predicted octanol–water partition coefficient (Wildman–Crippen LogP) is 2.89. The van der Waals surface area contributed by atoms with Crippen molar-refractivity contribution in [3.63, 3.8) is 0 Å². The first kappa shape index (κ1) is 12.7. The molecule has 3 aromatic rings. The molecule has 4 rings (SSSR count). The molecule has 1 fully saturated rings. The van der Waals surface area contributed by atoms with E-state index in [-0.39, 0.29) is 0 Å². The highest BCUT2D eigenvalue weighted by molar-refractivity contribution is 6.01. The van der Waals surface area contributed by atoms with Crippen LogP contribution in [0.5, 0.6) is 0 Å². The summed E-state index contributed by atoms with van der Waals surface area (Å²) in [6.07, 6.45) is 0.988. The number of hydrogen-bond acceptors (Lipinski definition) is 3. The summed E-state index contributed by atoms with van der Waals surface area (Å²) in [6.45, 7) is 5.55. The molecule has 0 N–H and O–H groups in total. The number of anilines is 1. The quantitative estimate of drug-likeness (QED) is 0.723. The Hall–Kier alpha value is -2.07. The molecule has 0 amide bonds. The molecule has 3 heterocycles. The summed E-state index contributed by atoms with van der Waals surface area (Å²) in [4.78, 5) is 2.34. The molecular formula is C17H19N3O. The summed E-state index contributed by atoms with van der Waals surface area (Å²) in [5, 5.41) is 7.45. The Bertz CT molecular complexity index is 787. The zero-order chi connectivity index (χ0) is 14.2. The van der Waals surface area contributed by atoms with Crippen LogP contribution >= 0.6 is 0 Å². The second kappa shape index (κ2) is 5.04. The van der Waals surface area contributed by atoms with Crippen LogP contribution in [0.15, 0.2) is 36.4 Å². The molecule has 108 valence electrons. The summed E-state index contributed by atoms with van der Waals surface area (Å²) in [6, 6.07) is 12.9. The molecule has 0 atom stereocenters. The van der Waals surface area contributed by atoms with Crippen molar-refractivity contribution < 1.29 is 4.74 Å². The fraction of sp³-hybridized carbons (Fsp3) is 0.353. The van der Waals surface area contributed by atoms with E-state index in [0.29, 0.717) is 0 Å². The molecule has 1 saturated heterocycles. The lowest BCUT2D eigenvalue weighted by Crippen LogP contribution is -2.37. The van der Waals surface area contributed by atoms with Crippen LogP contribution in [-0.4, -0.2) is 35.9 Å². The van der Waals surface area contributed by atoms with Crippen molar-refractivity contribution in [2.75, 3.05) is 31.2 Å². The fourth-order valence-electron chi connectivity index (χ4n) is 3.12. The van der Waals surface area contributed by atoms with E-state index in [1.807, 2.05) is 0 Å². The number of benzene rings is 1. The second-order valence-corrected chi connectivity index (χ2v) is 5.44. The van der Waals surface area contributed by atoms with Gasteiger partial charge in [-0.25, -0.2) is 4.52 Å². The monoisotopic (exact) mass is 281 g/mol. The first-order valence-corrected chi connectivity index (χ1v) is 7.60. The van der Waals surface area contributed by atoms with Gasteiger partial charge in [-0.1, -0.05) is 31.2 Å². The molecular weight excluding hydrogens is 262 g/mol. The van der Waals surface area contributed by atoms with Gasteiger partial charge in [-0.3, -0.25) is 0 Å². The molecule has 1 aliphatic heterocycles. The number of hydrogen-bond donors (Lipinski definition) is 0. The van der Waals surface area contributed by atoms with E-state index in [1.54, 1.807) is 0 Å². The average Bonchev–Trinajstić information content (AvgIpc) is 2.98. The zero-order valence-corrected chi connectivity index (χ0v) is 12.2. The lowest BCUT2D eigenvalue weighted by molar-refractivity contribution is 0.122. The number of rotatable bonds is 2. The van der Waals surface area contributed by atoms with Gasteiger partial charge in [-0.2, -0.15) is 0 Å². The Labute approximate surface area is 123 Å². The zero-order valence-electron chi connectivity index (χ0n) is 12.2. The molecule has 21 heavy (non-hydrogen) atoms. The largest absolute Gasteiger partial charge is 0.378 e. The summed E-state index contributed by atoms with van der Waals surface area (Å²) < 4.78 is 7.58. The summed E-state index contributed by atoms with van der Waals surface area (Å²) in [5.74, 6) is 1.08. The van der Waals surface area contributed by atoms with Crippen LogP contribution < -0.4 is 4.90 Å². The van der Waals surface area contributed by atoms with Gasteiger partial charge in [0, 0.05) is 29.6 Å². The van der Waals surface area contributed by atoms with Crippen molar-refractivity contribution in [2.24, 2.45) is 0 Å².